The first-order chi connectivity index (χ1) is 28.8. The summed E-state index contributed by atoms with van der Waals surface area (Å²) in [7, 11) is 0. The molecule has 5 rings (SSSR count). The van der Waals surface area contributed by atoms with E-state index in [9.17, 15) is 29.9 Å². The normalized spacial score (nSPS) is 13.1. The highest BCUT2D eigenvalue weighted by molar-refractivity contribution is 7.16. The van der Waals surface area contributed by atoms with E-state index in [4.69, 9.17) is 10.4 Å². The molecule has 0 saturated heterocycles. The molecule has 0 radical (unpaired) electrons. The molecule has 0 fully saturated rings. The van der Waals surface area contributed by atoms with Gasteiger partial charge in [-0.1, -0.05) is 27.7 Å². The Morgan fingerprint density at radius 3 is 1.75 bits per heavy atom. The van der Waals surface area contributed by atoms with Gasteiger partial charge in [-0.25, -0.2) is 14.3 Å². The molecular formula is C42H40N10O7S. The number of carbonyl (C=O) groups is 3. The summed E-state index contributed by atoms with van der Waals surface area (Å²) in [4.78, 5) is 48.5. The minimum atomic E-state index is -1.05. The largest absolute Gasteiger partial charge is 0.478 e. The number of nitrogens with zero attached hydrogens (tertiary/aromatic N) is 9. The van der Waals surface area contributed by atoms with Crippen LogP contribution >= 0.6 is 11.3 Å². The van der Waals surface area contributed by atoms with E-state index < -0.39 is 23.9 Å². The Hall–Kier alpha value is -7.78. The molecule has 0 aliphatic carbocycles. The van der Waals surface area contributed by atoms with E-state index in [0.29, 0.717) is 44.8 Å². The molecule has 60 heavy (non-hydrogen) atoms. The van der Waals surface area contributed by atoms with Crippen LogP contribution in [0.5, 0.6) is 0 Å². The number of nitriles is 1. The zero-order valence-corrected chi connectivity index (χ0v) is 33.7. The number of hydrogen-bond acceptors (Lipinski definition) is 14. The summed E-state index contributed by atoms with van der Waals surface area (Å²) in [5.41, 5.74) is 5.23. The maximum atomic E-state index is 13.1. The number of aromatic carboxylic acids is 2. The number of rotatable bonds is 17. The van der Waals surface area contributed by atoms with Crippen LogP contribution in [0.3, 0.4) is 0 Å². The van der Waals surface area contributed by atoms with Crippen LogP contribution in [0.4, 0.5) is 17.1 Å². The average Bonchev–Trinajstić information content (AvgIpc) is 3.95. The molecule has 5 N–H and O–H groups in total. The maximum absolute atomic E-state index is 13.1. The molecule has 0 spiro atoms. The number of carboxylic acid groups (broad SMARTS) is 2. The van der Waals surface area contributed by atoms with Gasteiger partial charge >= 0.3 is 11.9 Å². The lowest BCUT2D eigenvalue weighted by molar-refractivity contribution is -0.117. The molecule has 0 saturated carbocycles. The number of aliphatic imine (C=N–C) groups is 2. The molecule has 18 heteroatoms. The number of benzene rings is 3. The smallest absolute Gasteiger partial charge is 0.335 e. The predicted octanol–water partition coefficient (Wildman–Crippen LogP) is 7.26. The summed E-state index contributed by atoms with van der Waals surface area (Å²) in [5, 5.41) is 64.3. The van der Waals surface area contributed by atoms with Gasteiger partial charge in [0.25, 0.3) is 5.91 Å². The van der Waals surface area contributed by atoms with Crippen molar-refractivity contribution in [3.63, 3.8) is 0 Å². The van der Waals surface area contributed by atoms with Crippen LogP contribution in [0.2, 0.25) is 0 Å². The fourth-order valence-corrected chi connectivity index (χ4v) is 6.48. The summed E-state index contributed by atoms with van der Waals surface area (Å²) < 4.78 is 1.56. The quantitative estimate of drug-likeness (QED) is 0.0205. The summed E-state index contributed by atoms with van der Waals surface area (Å²) >= 11 is 1.38. The van der Waals surface area contributed by atoms with Crippen molar-refractivity contribution < 1.29 is 35.0 Å². The van der Waals surface area contributed by atoms with Crippen molar-refractivity contribution >= 4 is 75.2 Å². The van der Waals surface area contributed by atoms with Gasteiger partial charge in [-0.3, -0.25) is 14.8 Å². The van der Waals surface area contributed by atoms with Gasteiger partial charge in [-0.2, -0.15) is 5.26 Å². The number of anilines is 3. The fraction of sp³-hybridized carbons (Fsp3) is 0.190. The minimum absolute atomic E-state index is 0.0197. The van der Waals surface area contributed by atoms with Crippen LogP contribution in [0.25, 0.3) is 16.5 Å². The van der Waals surface area contributed by atoms with Crippen molar-refractivity contribution in [2.75, 3.05) is 18.0 Å². The number of amides is 1. The average molecular weight is 829 g/mol. The Balaban J connectivity index is 1.29. The second kappa shape index (κ2) is 20.1. The van der Waals surface area contributed by atoms with Gasteiger partial charge in [0.15, 0.2) is 0 Å². The summed E-state index contributed by atoms with van der Waals surface area (Å²) in [5.74, 6) is -2.71. The van der Waals surface area contributed by atoms with Crippen LogP contribution in [0.15, 0.2) is 117 Å². The van der Waals surface area contributed by atoms with Gasteiger partial charge in [0.05, 0.1) is 65.8 Å². The summed E-state index contributed by atoms with van der Waals surface area (Å²) in [6.07, 6.45) is 3.14. The first-order valence-electron chi connectivity index (χ1n) is 18.2. The molecule has 0 bridgehead atoms. The molecular weight excluding hydrogens is 789 g/mol. The standard InChI is InChI=1S/C42H40N10O7S/c1-25(27(3)48-58)44-22-37(23-45-26(2)28(4)49-59)51-24-33(47-50-51)21-46-40(53)32(20-43)19-38-17-18-39(60-38)29-5-11-34(12-6-29)52(35-13-7-30(8-14-35)41(54)55)36-15-9-31(10-16-36)42(56)57/h5-19,24,37,58-59H,21-23H2,1-4H3,(H,46,53)(H,54,55)(H,56,57)/b32-19+,44-25?,45-26?,48-27-,49-28-. The van der Waals surface area contributed by atoms with E-state index in [-0.39, 0.29) is 36.3 Å². The molecule has 0 atom stereocenters. The van der Waals surface area contributed by atoms with Crippen LogP contribution < -0.4 is 10.2 Å². The van der Waals surface area contributed by atoms with Crippen LogP contribution in [-0.4, -0.2) is 89.4 Å². The Kier molecular flexibility index (Phi) is 14.5. The first kappa shape index (κ1) is 43.3. The van der Waals surface area contributed by atoms with E-state index in [1.807, 2.05) is 41.3 Å². The van der Waals surface area contributed by atoms with Gasteiger partial charge in [0.2, 0.25) is 0 Å². The molecule has 1 amide bonds. The van der Waals surface area contributed by atoms with Crippen molar-refractivity contribution in [1.82, 2.24) is 20.3 Å². The Morgan fingerprint density at radius 1 is 0.783 bits per heavy atom. The number of thiophene rings is 1. The molecule has 306 valence electrons. The minimum Gasteiger partial charge on any atom is -0.478 e. The molecule has 0 aliphatic rings. The monoisotopic (exact) mass is 828 g/mol. The van der Waals surface area contributed by atoms with Crippen LogP contribution in [0, 0.1) is 11.3 Å². The number of aromatic nitrogens is 3. The van der Waals surface area contributed by atoms with Gasteiger partial charge < -0.3 is 30.8 Å². The van der Waals surface area contributed by atoms with E-state index in [0.717, 1.165) is 16.1 Å². The van der Waals surface area contributed by atoms with Gasteiger partial charge in [-0.05, 0) is 112 Å². The Morgan fingerprint density at radius 2 is 1.28 bits per heavy atom. The van der Waals surface area contributed by atoms with Crippen LogP contribution in [0.1, 0.15) is 65.0 Å². The third kappa shape index (κ3) is 11.0. The number of nitrogens with one attached hydrogen (secondary N) is 1. The third-order valence-corrected chi connectivity index (χ3v) is 10.3. The van der Waals surface area contributed by atoms with E-state index in [1.54, 1.807) is 68.9 Å². The van der Waals surface area contributed by atoms with E-state index in [1.165, 1.54) is 41.7 Å². The van der Waals surface area contributed by atoms with Gasteiger partial charge in [-0.15, -0.1) is 16.4 Å². The number of oxime groups is 2. The molecule has 2 heterocycles. The molecule has 5 aromatic rings. The van der Waals surface area contributed by atoms with Crippen molar-refractivity contribution in [3.8, 4) is 16.5 Å². The number of carboxylic acids is 2. The van der Waals surface area contributed by atoms with Crippen LogP contribution in [-0.2, 0) is 11.3 Å². The zero-order chi connectivity index (χ0) is 43.3. The lowest BCUT2D eigenvalue weighted by Gasteiger charge is -2.26. The maximum Gasteiger partial charge on any atom is 0.335 e. The van der Waals surface area contributed by atoms with Crippen molar-refractivity contribution in [3.05, 3.63) is 118 Å². The highest BCUT2D eigenvalue weighted by atomic mass is 32.1. The summed E-state index contributed by atoms with van der Waals surface area (Å²) in [6, 6.07) is 25.5. The van der Waals surface area contributed by atoms with Gasteiger partial charge in [0, 0.05) is 26.8 Å². The second-order valence-corrected chi connectivity index (χ2v) is 14.3. The third-order valence-electron chi connectivity index (χ3n) is 9.22. The number of carbonyl (C=O) groups excluding carboxylic acids is 1. The fourth-order valence-electron chi connectivity index (χ4n) is 5.53. The molecule has 0 aliphatic heterocycles. The highest BCUT2D eigenvalue weighted by Gasteiger charge is 2.18. The second-order valence-electron chi connectivity index (χ2n) is 13.2. The van der Waals surface area contributed by atoms with Gasteiger partial charge in [0.1, 0.15) is 17.3 Å². The SMILES string of the molecule is CC(=NCC(CN=C(C)/C(C)=N\O)n1cc(CNC(=O)/C(C#N)=C/c2ccc(-c3ccc(N(c4ccc(C(=O)O)cc4)c4ccc(C(=O)O)cc4)cc3)s2)nn1)/C(C)=N\O. The van der Waals surface area contributed by atoms with Crippen molar-refractivity contribution in [1.29, 1.82) is 5.26 Å². The van der Waals surface area contributed by atoms with Crippen molar-refractivity contribution in [2.45, 2.75) is 40.3 Å². The first-order valence-corrected chi connectivity index (χ1v) is 19.0. The topological polar surface area (TPSA) is 251 Å². The Labute approximate surface area is 348 Å². The van der Waals surface area contributed by atoms with E-state index >= 15 is 0 Å². The molecule has 0 unspecified atom stereocenters. The highest BCUT2D eigenvalue weighted by Crippen LogP contribution is 2.37. The molecule has 17 nitrogen and oxygen atoms in total. The predicted molar refractivity (Wildman–Crippen MR) is 229 cm³/mol. The lowest BCUT2D eigenvalue weighted by Crippen LogP contribution is -2.24. The van der Waals surface area contributed by atoms with E-state index in [2.05, 4.69) is 35.9 Å². The molecule has 3 aromatic carbocycles. The number of hydrogen-bond donors (Lipinski definition) is 5. The Bertz CT molecular complexity index is 2450. The summed E-state index contributed by atoms with van der Waals surface area (Å²) in [6.45, 7) is 7.05. The van der Waals surface area contributed by atoms with Crippen molar-refractivity contribution in [2.24, 2.45) is 20.3 Å². The molecule has 2 aromatic heterocycles. The lowest BCUT2D eigenvalue weighted by atomic mass is 10.1. The zero-order valence-electron chi connectivity index (χ0n) is 32.9.